The summed E-state index contributed by atoms with van der Waals surface area (Å²) in [5, 5.41) is 22.1. The predicted molar refractivity (Wildman–Crippen MR) is 86.0 cm³/mol. The van der Waals surface area contributed by atoms with Crippen molar-refractivity contribution >= 4 is 51.4 Å². The molecule has 0 saturated heterocycles. The number of phenols is 1. The fourth-order valence-corrected chi connectivity index (χ4v) is 3.32. The molecule has 0 amide bonds. The topological polar surface area (TPSA) is 63.3 Å². The lowest BCUT2D eigenvalue weighted by atomic mass is 10.2. The van der Waals surface area contributed by atoms with E-state index in [1.807, 2.05) is 26.0 Å². The molecule has 1 aromatic carbocycles. The highest BCUT2D eigenvalue weighted by molar-refractivity contribution is 14.1. The Balaban J connectivity index is 2.41. The second kappa shape index (κ2) is 5.51. The Bertz CT molecular complexity index is 602. The maximum atomic E-state index is 9.95. The third kappa shape index (κ3) is 2.82. The number of nitrogens with zero attached hydrogens (tertiary/aromatic N) is 4. The van der Waals surface area contributed by atoms with Gasteiger partial charge in [0.15, 0.2) is 11.6 Å². The molecule has 0 fully saturated rings. The van der Waals surface area contributed by atoms with Crippen molar-refractivity contribution < 1.29 is 5.11 Å². The van der Waals surface area contributed by atoms with Crippen LogP contribution in [-0.2, 0) is 0 Å². The molecular weight excluding hydrogens is 458 g/mol. The van der Waals surface area contributed by atoms with Crippen molar-refractivity contribution in [2.24, 2.45) is 5.10 Å². The van der Waals surface area contributed by atoms with Gasteiger partial charge in [0.05, 0.1) is 9.78 Å². The maximum absolute atomic E-state index is 9.95. The second-order valence-electron chi connectivity index (χ2n) is 3.68. The second-order valence-corrected chi connectivity index (χ2v) is 6.08. The quantitative estimate of drug-likeness (QED) is 0.545. The first-order valence-corrected chi connectivity index (χ1v) is 7.26. The van der Waals surface area contributed by atoms with Gasteiger partial charge in [-0.2, -0.15) is 5.10 Å². The monoisotopic (exact) mass is 468 g/mol. The average Bonchev–Trinajstić information content (AvgIpc) is 2.62. The van der Waals surface area contributed by atoms with Gasteiger partial charge in [-0.3, -0.25) is 0 Å². The molecule has 0 saturated carbocycles. The number of aromatic nitrogens is 3. The first kappa shape index (κ1) is 13.7. The number of rotatable bonds is 2. The van der Waals surface area contributed by atoms with E-state index in [-0.39, 0.29) is 5.75 Å². The van der Waals surface area contributed by atoms with Crippen molar-refractivity contribution in [3.8, 4) is 5.75 Å². The number of aromatic hydroxyl groups is 1. The Morgan fingerprint density at radius 2 is 1.83 bits per heavy atom. The third-order valence-electron chi connectivity index (χ3n) is 2.32. The molecule has 0 atom stereocenters. The third-order valence-corrected chi connectivity index (χ3v) is 3.77. The minimum atomic E-state index is 0.239. The normalized spacial score (nSPS) is 11.3. The van der Waals surface area contributed by atoms with Gasteiger partial charge in [-0.05, 0) is 71.2 Å². The summed E-state index contributed by atoms with van der Waals surface area (Å²) in [5.41, 5.74) is 0.679. The fraction of sp³-hybridized carbons (Fsp3) is 0.182. The van der Waals surface area contributed by atoms with E-state index < -0.39 is 0 Å². The van der Waals surface area contributed by atoms with Gasteiger partial charge in [-0.25, -0.2) is 4.68 Å². The summed E-state index contributed by atoms with van der Waals surface area (Å²) < 4.78 is 3.48. The molecule has 5 nitrogen and oxygen atoms in total. The van der Waals surface area contributed by atoms with Crippen LogP contribution in [0.5, 0.6) is 5.75 Å². The van der Waals surface area contributed by atoms with E-state index in [0.717, 1.165) is 7.14 Å². The highest BCUT2D eigenvalue weighted by Gasteiger charge is 2.06. The van der Waals surface area contributed by atoms with Gasteiger partial charge < -0.3 is 5.11 Å². The molecule has 94 valence electrons. The molecule has 0 spiro atoms. The summed E-state index contributed by atoms with van der Waals surface area (Å²) in [5.74, 6) is 1.66. The van der Waals surface area contributed by atoms with Crippen LogP contribution >= 0.6 is 45.2 Å². The molecule has 2 rings (SSSR count). The van der Waals surface area contributed by atoms with Crippen LogP contribution in [0.3, 0.4) is 0 Å². The Morgan fingerprint density at radius 3 is 2.44 bits per heavy atom. The summed E-state index contributed by atoms with van der Waals surface area (Å²) in [6, 6.07) is 3.78. The molecule has 0 unspecified atom stereocenters. The van der Waals surface area contributed by atoms with Gasteiger partial charge in [0, 0.05) is 9.13 Å². The van der Waals surface area contributed by atoms with Crippen molar-refractivity contribution in [3.05, 3.63) is 36.5 Å². The van der Waals surface area contributed by atoms with Gasteiger partial charge in [-0.1, -0.05) is 0 Å². The lowest BCUT2D eigenvalue weighted by molar-refractivity contribution is 0.470. The molecule has 0 bridgehead atoms. The Labute approximate surface area is 132 Å². The first-order chi connectivity index (χ1) is 8.49. The number of hydrogen-bond donors (Lipinski definition) is 1. The highest BCUT2D eigenvalue weighted by atomic mass is 127. The highest BCUT2D eigenvalue weighted by Crippen LogP contribution is 2.25. The van der Waals surface area contributed by atoms with E-state index in [0.29, 0.717) is 17.2 Å². The molecule has 1 aromatic heterocycles. The lowest BCUT2D eigenvalue weighted by Gasteiger charge is -2.03. The van der Waals surface area contributed by atoms with Crippen LogP contribution in [0.1, 0.15) is 17.2 Å². The molecule has 18 heavy (non-hydrogen) atoms. The van der Waals surface area contributed by atoms with Gasteiger partial charge in [0.1, 0.15) is 5.75 Å². The van der Waals surface area contributed by atoms with Crippen LogP contribution in [0.15, 0.2) is 17.2 Å². The van der Waals surface area contributed by atoms with Gasteiger partial charge in [0.2, 0.25) is 0 Å². The van der Waals surface area contributed by atoms with Crippen LogP contribution in [0.4, 0.5) is 0 Å². The first-order valence-electron chi connectivity index (χ1n) is 5.10. The number of hydrogen-bond acceptors (Lipinski definition) is 4. The molecular formula is C11H10I2N4O. The van der Waals surface area contributed by atoms with Crippen LogP contribution < -0.4 is 0 Å². The molecule has 1 N–H and O–H groups in total. The number of halogens is 2. The van der Waals surface area contributed by atoms with Crippen molar-refractivity contribution in [2.45, 2.75) is 13.8 Å². The van der Waals surface area contributed by atoms with Gasteiger partial charge >= 0.3 is 0 Å². The molecule has 0 radical (unpaired) electrons. The van der Waals surface area contributed by atoms with Crippen molar-refractivity contribution in [1.82, 2.24) is 14.9 Å². The van der Waals surface area contributed by atoms with E-state index in [1.165, 1.54) is 0 Å². The number of aryl methyl sites for hydroxylation is 2. The van der Waals surface area contributed by atoms with E-state index in [1.54, 1.807) is 10.9 Å². The molecule has 2 aromatic rings. The zero-order valence-corrected chi connectivity index (χ0v) is 14.0. The molecule has 1 heterocycles. The van der Waals surface area contributed by atoms with Gasteiger partial charge in [-0.15, -0.1) is 10.2 Å². The van der Waals surface area contributed by atoms with Crippen LogP contribution in [0.2, 0.25) is 0 Å². The summed E-state index contributed by atoms with van der Waals surface area (Å²) in [4.78, 5) is 0. The van der Waals surface area contributed by atoms with E-state index in [9.17, 15) is 5.11 Å². The van der Waals surface area contributed by atoms with Crippen LogP contribution in [-0.4, -0.2) is 26.2 Å². The molecule has 0 aliphatic heterocycles. The minimum Gasteiger partial charge on any atom is -0.506 e. The van der Waals surface area contributed by atoms with Crippen molar-refractivity contribution in [3.63, 3.8) is 0 Å². The number of benzene rings is 1. The predicted octanol–water partition coefficient (Wildman–Crippen LogP) is 2.69. The Hall–Kier alpha value is -0.710. The summed E-state index contributed by atoms with van der Waals surface area (Å²) in [6.45, 7) is 3.66. The summed E-state index contributed by atoms with van der Waals surface area (Å²) in [6.07, 6.45) is 1.61. The molecule has 0 aliphatic carbocycles. The van der Waals surface area contributed by atoms with Crippen molar-refractivity contribution in [1.29, 1.82) is 0 Å². The van der Waals surface area contributed by atoms with Crippen LogP contribution in [0, 0.1) is 21.0 Å². The maximum Gasteiger partial charge on any atom is 0.151 e. The lowest BCUT2D eigenvalue weighted by Crippen LogP contribution is -1.97. The Morgan fingerprint density at radius 1 is 1.22 bits per heavy atom. The van der Waals surface area contributed by atoms with E-state index in [2.05, 4.69) is 60.5 Å². The molecule has 0 aliphatic rings. The molecule has 7 heteroatoms. The van der Waals surface area contributed by atoms with E-state index >= 15 is 0 Å². The fourth-order valence-electron chi connectivity index (χ4n) is 1.43. The summed E-state index contributed by atoms with van der Waals surface area (Å²) in [7, 11) is 0. The summed E-state index contributed by atoms with van der Waals surface area (Å²) >= 11 is 4.30. The van der Waals surface area contributed by atoms with E-state index in [4.69, 9.17) is 0 Å². The van der Waals surface area contributed by atoms with Gasteiger partial charge in [0.25, 0.3) is 0 Å². The zero-order valence-electron chi connectivity index (χ0n) is 9.72. The number of phenolic OH excluding ortho intramolecular Hbond substituents is 1. The Kier molecular flexibility index (Phi) is 4.20. The SMILES string of the molecule is Cc1nnc(C)n1/N=C/c1cc(I)cc(I)c1O. The average molecular weight is 468 g/mol. The largest absolute Gasteiger partial charge is 0.506 e. The smallest absolute Gasteiger partial charge is 0.151 e. The minimum absolute atomic E-state index is 0.239. The van der Waals surface area contributed by atoms with Crippen LogP contribution in [0.25, 0.3) is 0 Å². The zero-order chi connectivity index (χ0) is 13.3. The van der Waals surface area contributed by atoms with Crippen molar-refractivity contribution in [2.75, 3.05) is 0 Å². The standard InChI is InChI=1S/C11H10I2N4O/c1-6-15-16-7(2)17(6)14-5-8-3-9(12)4-10(13)11(8)18/h3-5,18H,1-2H3/b14-5+.